The molecule has 0 aliphatic heterocycles. The first-order chi connectivity index (χ1) is 7.31. The summed E-state index contributed by atoms with van der Waals surface area (Å²) in [5.74, 6) is 0. The van der Waals surface area contributed by atoms with Gasteiger partial charge >= 0.3 is 0 Å². The summed E-state index contributed by atoms with van der Waals surface area (Å²) >= 11 is 0. The van der Waals surface area contributed by atoms with Gasteiger partial charge in [-0.05, 0) is 24.1 Å². The summed E-state index contributed by atoms with van der Waals surface area (Å²) in [6.07, 6.45) is 2.84. The van der Waals surface area contributed by atoms with E-state index >= 15 is 0 Å². The predicted octanol–water partition coefficient (Wildman–Crippen LogP) is 1.87. The van der Waals surface area contributed by atoms with Gasteiger partial charge in [-0.3, -0.25) is 0 Å². The number of nitrogens with zero attached hydrogens (tertiary/aromatic N) is 2. The second-order valence-electron chi connectivity index (χ2n) is 3.48. The van der Waals surface area contributed by atoms with Crippen molar-refractivity contribution in [2.45, 2.75) is 18.9 Å². The Morgan fingerprint density at radius 3 is 3.20 bits per heavy atom. The summed E-state index contributed by atoms with van der Waals surface area (Å²) in [6.45, 7) is 0. The SMILES string of the molecule is N#CCCC(N)c1ccc2nc[nH]c2c1. The van der Waals surface area contributed by atoms with E-state index in [9.17, 15) is 0 Å². The largest absolute Gasteiger partial charge is 0.345 e. The zero-order valence-electron chi connectivity index (χ0n) is 8.27. The molecule has 1 aromatic heterocycles. The number of aromatic amines is 1. The van der Waals surface area contributed by atoms with Crippen LogP contribution in [0.2, 0.25) is 0 Å². The van der Waals surface area contributed by atoms with E-state index in [1.807, 2.05) is 18.2 Å². The summed E-state index contributed by atoms with van der Waals surface area (Å²) in [6, 6.07) is 7.92. The third kappa shape index (κ3) is 1.97. The summed E-state index contributed by atoms with van der Waals surface area (Å²) in [5.41, 5.74) is 8.92. The van der Waals surface area contributed by atoms with E-state index < -0.39 is 0 Å². The molecule has 0 radical (unpaired) electrons. The molecule has 1 heterocycles. The molecule has 4 heteroatoms. The molecule has 1 unspecified atom stereocenters. The Morgan fingerprint density at radius 1 is 1.53 bits per heavy atom. The second kappa shape index (κ2) is 4.11. The number of hydrogen-bond acceptors (Lipinski definition) is 3. The maximum absolute atomic E-state index is 8.48. The fraction of sp³-hybridized carbons (Fsp3) is 0.273. The number of benzene rings is 1. The first-order valence-corrected chi connectivity index (χ1v) is 4.87. The molecule has 1 aromatic carbocycles. The quantitative estimate of drug-likeness (QED) is 0.793. The molecule has 0 amide bonds. The minimum Gasteiger partial charge on any atom is -0.345 e. The molecular weight excluding hydrogens is 188 g/mol. The minimum absolute atomic E-state index is 0.0719. The lowest BCUT2D eigenvalue weighted by molar-refractivity contribution is 0.666. The Labute approximate surface area is 87.7 Å². The molecule has 2 rings (SSSR count). The lowest BCUT2D eigenvalue weighted by atomic mass is 10.0. The van der Waals surface area contributed by atoms with Gasteiger partial charge in [0.25, 0.3) is 0 Å². The van der Waals surface area contributed by atoms with Gasteiger partial charge < -0.3 is 10.7 Å². The van der Waals surface area contributed by atoms with Gasteiger partial charge in [0.2, 0.25) is 0 Å². The number of imidazole rings is 1. The highest BCUT2D eigenvalue weighted by Gasteiger charge is 2.06. The second-order valence-corrected chi connectivity index (χ2v) is 3.48. The average Bonchev–Trinajstić information content (AvgIpc) is 2.72. The van der Waals surface area contributed by atoms with Gasteiger partial charge in [0, 0.05) is 12.5 Å². The average molecular weight is 200 g/mol. The molecule has 0 bridgehead atoms. The summed E-state index contributed by atoms with van der Waals surface area (Å²) in [5, 5.41) is 8.48. The predicted molar refractivity (Wildman–Crippen MR) is 57.9 cm³/mol. The third-order valence-corrected chi connectivity index (χ3v) is 2.44. The zero-order chi connectivity index (χ0) is 10.7. The highest BCUT2D eigenvalue weighted by Crippen LogP contribution is 2.19. The number of nitriles is 1. The van der Waals surface area contributed by atoms with Crippen LogP contribution < -0.4 is 5.73 Å². The number of nitrogens with two attached hydrogens (primary N) is 1. The molecule has 0 saturated heterocycles. The van der Waals surface area contributed by atoms with Crippen molar-refractivity contribution in [3.05, 3.63) is 30.1 Å². The van der Waals surface area contributed by atoms with E-state index in [1.165, 1.54) is 0 Å². The molecular formula is C11H12N4. The van der Waals surface area contributed by atoms with Crippen LogP contribution in [-0.2, 0) is 0 Å². The van der Waals surface area contributed by atoms with Crippen molar-refractivity contribution in [2.24, 2.45) is 5.73 Å². The van der Waals surface area contributed by atoms with E-state index in [0.717, 1.165) is 16.6 Å². The van der Waals surface area contributed by atoms with E-state index in [-0.39, 0.29) is 6.04 Å². The van der Waals surface area contributed by atoms with Crippen molar-refractivity contribution < 1.29 is 0 Å². The Hall–Kier alpha value is -1.86. The van der Waals surface area contributed by atoms with Gasteiger partial charge in [-0.25, -0.2) is 4.98 Å². The Balaban J connectivity index is 2.24. The first-order valence-electron chi connectivity index (χ1n) is 4.87. The van der Waals surface area contributed by atoms with Gasteiger partial charge in [0.1, 0.15) is 0 Å². The van der Waals surface area contributed by atoms with Gasteiger partial charge in [-0.1, -0.05) is 6.07 Å². The molecule has 2 aromatic rings. The maximum atomic E-state index is 8.48. The number of rotatable bonds is 3. The normalized spacial score (nSPS) is 12.5. The monoisotopic (exact) mass is 200 g/mol. The number of H-pyrrole nitrogens is 1. The van der Waals surface area contributed by atoms with Crippen molar-refractivity contribution in [3.8, 4) is 6.07 Å². The molecule has 3 N–H and O–H groups in total. The molecule has 0 spiro atoms. The van der Waals surface area contributed by atoms with Gasteiger partial charge in [-0.15, -0.1) is 0 Å². The summed E-state index contributed by atoms with van der Waals surface area (Å²) in [4.78, 5) is 7.17. The van der Waals surface area contributed by atoms with Crippen molar-refractivity contribution in [1.29, 1.82) is 5.26 Å². The van der Waals surface area contributed by atoms with Crippen LogP contribution in [0.4, 0.5) is 0 Å². The smallest absolute Gasteiger partial charge is 0.0931 e. The van der Waals surface area contributed by atoms with Crippen molar-refractivity contribution in [2.75, 3.05) is 0 Å². The van der Waals surface area contributed by atoms with Crippen LogP contribution in [0.25, 0.3) is 11.0 Å². The Kier molecular flexibility index (Phi) is 2.66. The van der Waals surface area contributed by atoms with Crippen LogP contribution in [-0.4, -0.2) is 9.97 Å². The molecule has 15 heavy (non-hydrogen) atoms. The Morgan fingerprint density at radius 2 is 2.40 bits per heavy atom. The van der Waals surface area contributed by atoms with E-state index in [4.69, 9.17) is 11.0 Å². The number of aromatic nitrogens is 2. The van der Waals surface area contributed by atoms with Crippen LogP contribution in [0.1, 0.15) is 24.4 Å². The van der Waals surface area contributed by atoms with Gasteiger partial charge in [0.15, 0.2) is 0 Å². The molecule has 0 aliphatic carbocycles. The highest BCUT2D eigenvalue weighted by molar-refractivity contribution is 5.75. The summed E-state index contributed by atoms with van der Waals surface area (Å²) in [7, 11) is 0. The van der Waals surface area contributed by atoms with Crippen molar-refractivity contribution >= 4 is 11.0 Å². The fourth-order valence-corrected chi connectivity index (χ4v) is 1.57. The number of hydrogen-bond donors (Lipinski definition) is 2. The molecule has 76 valence electrons. The topological polar surface area (TPSA) is 78.5 Å². The Bertz CT molecular complexity index is 495. The lowest BCUT2D eigenvalue weighted by Gasteiger charge is -2.09. The standard InChI is InChI=1S/C11H12N4/c12-5-1-2-9(13)8-3-4-10-11(6-8)15-7-14-10/h3-4,6-7,9H,1-2,13H2,(H,14,15). The third-order valence-electron chi connectivity index (χ3n) is 2.44. The van der Waals surface area contributed by atoms with Gasteiger partial charge in [0.05, 0.1) is 23.4 Å². The van der Waals surface area contributed by atoms with Crippen molar-refractivity contribution in [3.63, 3.8) is 0 Å². The van der Waals surface area contributed by atoms with Gasteiger partial charge in [-0.2, -0.15) is 5.26 Å². The number of nitrogens with one attached hydrogen (secondary N) is 1. The molecule has 0 fully saturated rings. The van der Waals surface area contributed by atoms with E-state index in [0.29, 0.717) is 12.8 Å². The molecule has 0 saturated carbocycles. The van der Waals surface area contributed by atoms with Crippen LogP contribution in [0.3, 0.4) is 0 Å². The molecule has 4 nitrogen and oxygen atoms in total. The van der Waals surface area contributed by atoms with Crippen LogP contribution in [0, 0.1) is 11.3 Å². The maximum Gasteiger partial charge on any atom is 0.0931 e. The van der Waals surface area contributed by atoms with Crippen LogP contribution >= 0.6 is 0 Å². The molecule has 1 atom stereocenters. The fourth-order valence-electron chi connectivity index (χ4n) is 1.57. The molecule has 0 aliphatic rings. The van der Waals surface area contributed by atoms with E-state index in [1.54, 1.807) is 6.33 Å². The minimum atomic E-state index is -0.0719. The highest BCUT2D eigenvalue weighted by atomic mass is 14.9. The summed E-state index contributed by atoms with van der Waals surface area (Å²) < 4.78 is 0. The van der Waals surface area contributed by atoms with Crippen LogP contribution in [0.5, 0.6) is 0 Å². The zero-order valence-corrected chi connectivity index (χ0v) is 8.27. The van der Waals surface area contributed by atoms with Crippen LogP contribution in [0.15, 0.2) is 24.5 Å². The number of fused-ring (bicyclic) bond motifs is 1. The lowest BCUT2D eigenvalue weighted by Crippen LogP contribution is -2.09. The first kappa shape index (κ1) is 9.69. The van der Waals surface area contributed by atoms with Crippen molar-refractivity contribution in [1.82, 2.24) is 9.97 Å². The van der Waals surface area contributed by atoms with E-state index in [2.05, 4.69) is 16.0 Å².